The first-order valence-electron chi connectivity index (χ1n) is 5.75. The lowest BCUT2D eigenvalue weighted by Gasteiger charge is -2.21. The summed E-state index contributed by atoms with van der Waals surface area (Å²) in [6.07, 6.45) is 0.132. The third kappa shape index (κ3) is 7.99. The van der Waals surface area contributed by atoms with Crippen molar-refractivity contribution in [3.05, 3.63) is 0 Å². The zero-order chi connectivity index (χ0) is 13.3. The van der Waals surface area contributed by atoms with E-state index in [1.807, 2.05) is 20.8 Å². The van der Waals surface area contributed by atoms with Crippen LogP contribution in [-0.4, -0.2) is 37.1 Å². The van der Waals surface area contributed by atoms with Crippen LogP contribution in [0.1, 0.15) is 27.2 Å². The predicted octanol–water partition coefficient (Wildman–Crippen LogP) is 1.50. The molecule has 17 heavy (non-hydrogen) atoms. The number of halogens is 1. The monoisotopic (exact) mass is 264 g/mol. The molecule has 0 saturated carbocycles. The van der Waals surface area contributed by atoms with Crippen molar-refractivity contribution < 1.29 is 14.3 Å². The number of hydrogen-bond donors (Lipinski definition) is 2. The molecule has 3 amide bonds. The summed E-state index contributed by atoms with van der Waals surface area (Å²) in [5, 5.41) is 4.92. The molecular weight excluding hydrogens is 244 g/mol. The number of amides is 3. The number of imide groups is 1. The number of nitrogens with one attached hydrogen (secondary N) is 2. The van der Waals surface area contributed by atoms with E-state index in [2.05, 4.69) is 10.6 Å². The number of urea groups is 1. The highest BCUT2D eigenvalue weighted by atomic mass is 35.5. The highest BCUT2D eigenvalue weighted by molar-refractivity contribution is 6.19. The molecule has 0 aromatic carbocycles. The van der Waals surface area contributed by atoms with Gasteiger partial charge in [-0.2, -0.15) is 0 Å². The van der Waals surface area contributed by atoms with Crippen LogP contribution in [0.25, 0.3) is 0 Å². The van der Waals surface area contributed by atoms with E-state index in [0.29, 0.717) is 13.2 Å². The van der Waals surface area contributed by atoms with Gasteiger partial charge in [-0.3, -0.25) is 10.1 Å². The van der Waals surface area contributed by atoms with Crippen molar-refractivity contribution in [2.24, 2.45) is 5.92 Å². The normalized spacial score (nSPS) is 12.3. The largest absolute Gasteiger partial charge is 0.380 e. The molecular formula is C11H21ClN2O3. The molecule has 0 rings (SSSR count). The first-order valence-corrected chi connectivity index (χ1v) is 6.28. The number of carbonyl (C=O) groups excluding carboxylic acids is 2. The molecule has 0 aliphatic rings. The Labute approximate surface area is 107 Å². The van der Waals surface area contributed by atoms with E-state index in [1.165, 1.54) is 0 Å². The van der Waals surface area contributed by atoms with Crippen LogP contribution in [0, 0.1) is 5.92 Å². The Morgan fingerprint density at radius 3 is 2.47 bits per heavy atom. The van der Waals surface area contributed by atoms with Crippen LogP contribution in [0.3, 0.4) is 0 Å². The average Bonchev–Trinajstić information content (AvgIpc) is 2.23. The number of rotatable bonds is 7. The van der Waals surface area contributed by atoms with Crippen molar-refractivity contribution in [2.75, 3.05) is 19.1 Å². The van der Waals surface area contributed by atoms with Crippen molar-refractivity contribution in [2.45, 2.75) is 33.2 Å². The molecule has 6 heteroatoms. The van der Waals surface area contributed by atoms with Crippen molar-refractivity contribution in [3.63, 3.8) is 0 Å². The molecule has 0 radical (unpaired) electrons. The Bertz CT molecular complexity index is 247. The van der Waals surface area contributed by atoms with Gasteiger partial charge in [0.05, 0.1) is 12.6 Å². The van der Waals surface area contributed by atoms with Crippen LogP contribution in [0.4, 0.5) is 4.79 Å². The third-order valence-electron chi connectivity index (χ3n) is 2.20. The zero-order valence-corrected chi connectivity index (χ0v) is 11.3. The molecule has 1 atom stereocenters. The molecule has 100 valence electrons. The molecule has 0 heterocycles. The van der Waals surface area contributed by atoms with Crippen LogP contribution < -0.4 is 10.6 Å². The summed E-state index contributed by atoms with van der Waals surface area (Å²) in [5.74, 6) is 0.0536. The van der Waals surface area contributed by atoms with E-state index in [1.54, 1.807) is 0 Å². The molecule has 0 aromatic heterocycles. The Morgan fingerprint density at radius 1 is 1.35 bits per heavy atom. The summed E-state index contributed by atoms with van der Waals surface area (Å²) in [6, 6.07) is -0.614. The second kappa shape index (κ2) is 9.24. The number of ether oxygens (including phenoxy) is 1. The SMILES string of the molecule is CCOCC(NC(=O)NC(=O)CCCl)C(C)C. The summed E-state index contributed by atoms with van der Waals surface area (Å²) in [7, 11) is 0. The zero-order valence-electron chi connectivity index (χ0n) is 10.6. The summed E-state index contributed by atoms with van der Waals surface area (Å²) in [6.45, 7) is 6.87. The lowest BCUT2D eigenvalue weighted by molar-refractivity contribution is -0.119. The Hall–Kier alpha value is -0.810. The molecule has 1 unspecified atom stereocenters. The highest BCUT2D eigenvalue weighted by Crippen LogP contribution is 2.02. The van der Waals surface area contributed by atoms with Gasteiger partial charge in [0.25, 0.3) is 0 Å². The Morgan fingerprint density at radius 2 is 2.00 bits per heavy atom. The standard InChI is InChI=1S/C11H21ClN2O3/c1-4-17-7-9(8(2)3)13-11(16)14-10(15)5-6-12/h8-9H,4-7H2,1-3H3,(H2,13,14,15,16). The van der Waals surface area contributed by atoms with Crippen molar-refractivity contribution in [1.82, 2.24) is 10.6 Å². The van der Waals surface area contributed by atoms with Gasteiger partial charge >= 0.3 is 6.03 Å². The Kier molecular flexibility index (Phi) is 8.80. The minimum absolute atomic E-state index is 0.112. The lowest BCUT2D eigenvalue weighted by Crippen LogP contribution is -2.48. The van der Waals surface area contributed by atoms with E-state index in [0.717, 1.165) is 0 Å². The third-order valence-corrected chi connectivity index (χ3v) is 2.39. The van der Waals surface area contributed by atoms with Gasteiger partial charge in [-0.15, -0.1) is 11.6 Å². The molecule has 0 aliphatic carbocycles. The molecule has 2 N–H and O–H groups in total. The van der Waals surface area contributed by atoms with Gasteiger partial charge in [-0.05, 0) is 12.8 Å². The van der Waals surface area contributed by atoms with Gasteiger partial charge in [0.1, 0.15) is 0 Å². The van der Waals surface area contributed by atoms with Crippen LogP contribution in [-0.2, 0) is 9.53 Å². The maximum Gasteiger partial charge on any atom is 0.321 e. The predicted molar refractivity (Wildman–Crippen MR) is 67.1 cm³/mol. The topological polar surface area (TPSA) is 67.4 Å². The van der Waals surface area contributed by atoms with Crippen LogP contribution in [0.2, 0.25) is 0 Å². The van der Waals surface area contributed by atoms with Gasteiger partial charge in [-0.25, -0.2) is 4.79 Å². The minimum Gasteiger partial charge on any atom is -0.380 e. The second-order valence-corrected chi connectivity index (χ2v) is 4.35. The fourth-order valence-electron chi connectivity index (χ4n) is 1.13. The highest BCUT2D eigenvalue weighted by Gasteiger charge is 2.17. The maximum atomic E-state index is 11.5. The van der Waals surface area contributed by atoms with Crippen LogP contribution >= 0.6 is 11.6 Å². The number of carbonyl (C=O) groups is 2. The number of hydrogen-bond acceptors (Lipinski definition) is 3. The van der Waals surface area contributed by atoms with Crippen LogP contribution in [0.5, 0.6) is 0 Å². The van der Waals surface area contributed by atoms with E-state index < -0.39 is 6.03 Å². The second-order valence-electron chi connectivity index (χ2n) is 3.97. The van der Waals surface area contributed by atoms with Gasteiger partial charge in [0.2, 0.25) is 5.91 Å². The van der Waals surface area contributed by atoms with E-state index in [4.69, 9.17) is 16.3 Å². The van der Waals surface area contributed by atoms with E-state index >= 15 is 0 Å². The minimum atomic E-state index is -0.501. The van der Waals surface area contributed by atoms with E-state index in [9.17, 15) is 9.59 Å². The first-order chi connectivity index (χ1) is 8.01. The molecule has 0 aromatic rings. The summed E-state index contributed by atoms with van der Waals surface area (Å²) >= 11 is 5.39. The first kappa shape index (κ1) is 16.2. The smallest absolute Gasteiger partial charge is 0.321 e. The van der Waals surface area contributed by atoms with Gasteiger partial charge < -0.3 is 10.1 Å². The van der Waals surface area contributed by atoms with Gasteiger partial charge in [0, 0.05) is 18.9 Å². The molecule has 0 fully saturated rings. The molecule has 0 aliphatic heterocycles. The summed E-state index contributed by atoms with van der Waals surface area (Å²) < 4.78 is 5.26. The fraction of sp³-hybridized carbons (Fsp3) is 0.818. The molecule has 0 bridgehead atoms. The fourth-order valence-corrected chi connectivity index (χ4v) is 1.30. The van der Waals surface area contributed by atoms with Crippen molar-refractivity contribution in [1.29, 1.82) is 0 Å². The van der Waals surface area contributed by atoms with Gasteiger partial charge in [0.15, 0.2) is 0 Å². The maximum absolute atomic E-state index is 11.5. The summed E-state index contributed by atoms with van der Waals surface area (Å²) in [4.78, 5) is 22.6. The van der Waals surface area contributed by atoms with E-state index in [-0.39, 0.29) is 30.2 Å². The molecule has 0 saturated heterocycles. The summed E-state index contributed by atoms with van der Waals surface area (Å²) in [5.41, 5.74) is 0. The van der Waals surface area contributed by atoms with Crippen molar-refractivity contribution >= 4 is 23.5 Å². The van der Waals surface area contributed by atoms with Crippen LogP contribution in [0.15, 0.2) is 0 Å². The lowest BCUT2D eigenvalue weighted by atomic mass is 10.1. The number of alkyl halides is 1. The quantitative estimate of drug-likeness (QED) is 0.685. The molecule has 0 spiro atoms. The van der Waals surface area contributed by atoms with Gasteiger partial charge in [-0.1, -0.05) is 13.8 Å². The molecule has 5 nitrogen and oxygen atoms in total. The average molecular weight is 265 g/mol. The van der Waals surface area contributed by atoms with Crippen molar-refractivity contribution in [3.8, 4) is 0 Å². The Balaban J connectivity index is 4.07.